The van der Waals surface area contributed by atoms with Crippen LogP contribution in [-0.4, -0.2) is 32.0 Å². The number of pyridine rings is 1. The Kier molecular flexibility index (Phi) is 7.97. The minimum absolute atomic E-state index is 0.0449. The molecule has 0 unspecified atom stereocenters. The van der Waals surface area contributed by atoms with Crippen molar-refractivity contribution in [2.75, 3.05) is 11.9 Å². The Morgan fingerprint density at radius 2 is 1.85 bits per heavy atom. The van der Waals surface area contributed by atoms with Gasteiger partial charge in [-0.15, -0.1) is 0 Å². The summed E-state index contributed by atoms with van der Waals surface area (Å²) in [5.41, 5.74) is 9.30. The number of nitrogens with zero attached hydrogens (tertiary/aromatic N) is 3. The number of aromatic nitrogens is 2. The Morgan fingerprint density at radius 1 is 1.05 bits per heavy atom. The second-order valence-electron chi connectivity index (χ2n) is 10.5. The van der Waals surface area contributed by atoms with Crippen LogP contribution in [0.1, 0.15) is 57.8 Å². The van der Waals surface area contributed by atoms with Crippen LogP contribution in [-0.2, 0) is 4.79 Å². The number of aryl methyl sites for hydroxylation is 3. The van der Waals surface area contributed by atoms with Crippen molar-refractivity contribution in [3.63, 3.8) is 0 Å². The topological polar surface area (TPSA) is 62.2 Å². The molecular formula is C32H34ClN5OS. The van der Waals surface area contributed by atoms with Crippen molar-refractivity contribution in [2.45, 2.75) is 53.1 Å². The number of benzene rings is 2. The van der Waals surface area contributed by atoms with E-state index in [-0.39, 0.29) is 18.0 Å². The molecule has 2 atom stereocenters. The number of nitrogens with one attached hydrogen (secondary N) is 2. The molecule has 0 radical (unpaired) electrons. The molecule has 0 aliphatic carbocycles. The molecule has 3 heterocycles. The van der Waals surface area contributed by atoms with E-state index in [2.05, 4.69) is 51.1 Å². The molecule has 1 fully saturated rings. The molecule has 2 N–H and O–H groups in total. The molecular weight excluding hydrogens is 538 g/mol. The number of carbonyl (C=O) groups excluding carboxylic acids is 1. The number of halogens is 1. The van der Waals surface area contributed by atoms with Gasteiger partial charge in [-0.2, -0.15) is 0 Å². The molecule has 206 valence electrons. The third-order valence-electron chi connectivity index (χ3n) is 7.71. The zero-order valence-corrected chi connectivity index (χ0v) is 25.0. The third-order valence-corrected chi connectivity index (χ3v) is 8.48. The van der Waals surface area contributed by atoms with E-state index in [4.69, 9.17) is 23.8 Å². The summed E-state index contributed by atoms with van der Waals surface area (Å²) in [6.07, 6.45) is 2.10. The number of thiocarbonyl (C=S) groups is 1. The number of amides is 1. The molecule has 40 heavy (non-hydrogen) atoms. The van der Waals surface area contributed by atoms with E-state index < -0.39 is 0 Å². The van der Waals surface area contributed by atoms with E-state index >= 15 is 0 Å². The molecule has 0 spiro atoms. The quantitative estimate of drug-likeness (QED) is 0.232. The van der Waals surface area contributed by atoms with Crippen LogP contribution >= 0.6 is 23.8 Å². The van der Waals surface area contributed by atoms with Gasteiger partial charge in [0, 0.05) is 46.9 Å². The molecule has 8 heteroatoms. The minimum atomic E-state index is -0.162. The second kappa shape index (κ2) is 11.4. The maximum absolute atomic E-state index is 13.1. The van der Waals surface area contributed by atoms with Crippen LogP contribution in [0.2, 0.25) is 5.02 Å². The number of anilines is 1. The first-order valence-electron chi connectivity index (χ1n) is 13.4. The van der Waals surface area contributed by atoms with Crippen LogP contribution in [0.25, 0.3) is 5.69 Å². The summed E-state index contributed by atoms with van der Waals surface area (Å²) in [5.74, 6) is -0.0449. The van der Waals surface area contributed by atoms with E-state index in [1.165, 1.54) is 0 Å². The summed E-state index contributed by atoms with van der Waals surface area (Å²) in [6.45, 7) is 10.8. The first-order valence-corrected chi connectivity index (χ1v) is 14.2. The zero-order valence-electron chi connectivity index (χ0n) is 23.5. The van der Waals surface area contributed by atoms with E-state index in [9.17, 15) is 4.79 Å². The number of hydrogen-bond donors (Lipinski definition) is 2. The molecule has 1 amide bonds. The van der Waals surface area contributed by atoms with E-state index in [0.29, 0.717) is 18.1 Å². The summed E-state index contributed by atoms with van der Waals surface area (Å²) in [4.78, 5) is 19.9. The molecule has 5 rings (SSSR count). The second-order valence-corrected chi connectivity index (χ2v) is 11.3. The Morgan fingerprint density at radius 3 is 2.60 bits per heavy atom. The first-order chi connectivity index (χ1) is 19.2. The van der Waals surface area contributed by atoms with Crippen molar-refractivity contribution in [2.24, 2.45) is 0 Å². The lowest BCUT2D eigenvalue weighted by atomic mass is 9.96. The maximum atomic E-state index is 13.1. The van der Waals surface area contributed by atoms with Gasteiger partial charge in [-0.25, -0.2) is 0 Å². The highest BCUT2D eigenvalue weighted by Gasteiger charge is 2.41. The Balaban J connectivity index is 1.49. The smallest absolute Gasteiger partial charge is 0.226 e. The summed E-state index contributed by atoms with van der Waals surface area (Å²) in [7, 11) is 0. The van der Waals surface area contributed by atoms with Gasteiger partial charge < -0.3 is 20.1 Å². The fourth-order valence-corrected chi connectivity index (χ4v) is 6.09. The lowest BCUT2D eigenvalue weighted by Crippen LogP contribution is -2.33. The fraction of sp³-hybridized carbons (Fsp3) is 0.281. The zero-order chi connectivity index (χ0) is 28.6. The van der Waals surface area contributed by atoms with Crippen molar-refractivity contribution in [3.8, 4) is 5.69 Å². The summed E-state index contributed by atoms with van der Waals surface area (Å²) in [6, 6.07) is 19.9. The van der Waals surface area contributed by atoms with Crippen molar-refractivity contribution in [3.05, 3.63) is 111 Å². The SMILES string of the molecule is Cc1ccc(C)c(NC(=O)CCN2C(=S)N[C@@H](c3ccccn3)[C@@H]2c2cc(C)n(-c3cccc(Cl)c3C)c2C)c1. The predicted molar refractivity (Wildman–Crippen MR) is 166 cm³/mol. The minimum Gasteiger partial charge on any atom is -0.352 e. The van der Waals surface area contributed by atoms with Gasteiger partial charge in [-0.05, 0) is 105 Å². The summed E-state index contributed by atoms with van der Waals surface area (Å²) < 4.78 is 2.25. The number of carbonyl (C=O) groups is 1. The van der Waals surface area contributed by atoms with E-state index in [0.717, 1.165) is 55.7 Å². The predicted octanol–water partition coefficient (Wildman–Crippen LogP) is 7.07. The van der Waals surface area contributed by atoms with E-state index in [1.807, 2.05) is 69.3 Å². The molecule has 2 aromatic carbocycles. The molecule has 6 nitrogen and oxygen atoms in total. The fourth-order valence-electron chi connectivity index (χ4n) is 5.59. The van der Waals surface area contributed by atoms with Crippen LogP contribution < -0.4 is 10.6 Å². The molecule has 2 aromatic heterocycles. The van der Waals surface area contributed by atoms with Crippen LogP contribution in [0.4, 0.5) is 5.69 Å². The molecule has 1 aliphatic heterocycles. The number of hydrogen-bond acceptors (Lipinski definition) is 3. The van der Waals surface area contributed by atoms with Crippen molar-refractivity contribution < 1.29 is 4.79 Å². The van der Waals surface area contributed by atoms with Gasteiger partial charge in [-0.3, -0.25) is 9.78 Å². The van der Waals surface area contributed by atoms with Crippen LogP contribution in [0.5, 0.6) is 0 Å². The largest absolute Gasteiger partial charge is 0.352 e. The highest BCUT2D eigenvalue weighted by Crippen LogP contribution is 2.42. The van der Waals surface area contributed by atoms with E-state index in [1.54, 1.807) is 6.20 Å². The van der Waals surface area contributed by atoms with Crippen LogP contribution in [0, 0.1) is 34.6 Å². The maximum Gasteiger partial charge on any atom is 0.226 e. The van der Waals surface area contributed by atoms with Gasteiger partial charge in [-0.1, -0.05) is 35.9 Å². The normalized spacial score (nSPS) is 16.8. The average molecular weight is 572 g/mol. The highest BCUT2D eigenvalue weighted by molar-refractivity contribution is 7.80. The number of rotatable bonds is 7. The monoisotopic (exact) mass is 571 g/mol. The van der Waals surface area contributed by atoms with Gasteiger partial charge in [0.25, 0.3) is 0 Å². The molecule has 0 saturated carbocycles. The summed E-state index contributed by atoms with van der Waals surface area (Å²) >= 11 is 12.4. The van der Waals surface area contributed by atoms with Crippen molar-refractivity contribution in [1.82, 2.24) is 19.8 Å². The lowest BCUT2D eigenvalue weighted by Gasteiger charge is -2.28. The van der Waals surface area contributed by atoms with Gasteiger partial charge in [0.1, 0.15) is 0 Å². The summed E-state index contributed by atoms with van der Waals surface area (Å²) in [5, 5.41) is 7.94. The first kappa shape index (κ1) is 27.9. The van der Waals surface area contributed by atoms with Crippen LogP contribution in [0.3, 0.4) is 0 Å². The van der Waals surface area contributed by atoms with Crippen molar-refractivity contribution >= 4 is 40.5 Å². The highest BCUT2D eigenvalue weighted by atomic mass is 35.5. The van der Waals surface area contributed by atoms with Gasteiger partial charge in [0.15, 0.2) is 5.11 Å². The Labute approximate surface area is 246 Å². The molecule has 4 aromatic rings. The van der Waals surface area contributed by atoms with Gasteiger partial charge >= 0.3 is 0 Å². The van der Waals surface area contributed by atoms with Crippen LogP contribution in [0.15, 0.2) is 66.9 Å². The Hall–Kier alpha value is -3.68. The molecule has 0 bridgehead atoms. The molecule has 1 aliphatic rings. The Bertz CT molecular complexity index is 1580. The lowest BCUT2D eigenvalue weighted by molar-refractivity contribution is -0.116. The third kappa shape index (κ3) is 5.36. The van der Waals surface area contributed by atoms with Gasteiger partial charge in [0.05, 0.1) is 17.8 Å². The van der Waals surface area contributed by atoms with Gasteiger partial charge in [0.2, 0.25) is 5.91 Å². The molecule has 1 saturated heterocycles. The van der Waals surface area contributed by atoms with Crippen molar-refractivity contribution in [1.29, 1.82) is 0 Å². The average Bonchev–Trinajstić information content (AvgIpc) is 3.41. The standard InChI is InChI=1S/C32H34ClN5OS/c1-19-12-13-20(2)27(17-19)35-29(39)14-16-37-31(30(36-32(37)40)26-10-6-7-15-34-26)24-18-21(3)38(23(24)5)28-11-8-9-25(33)22(28)4/h6-13,15,17-18,30-31H,14,16H2,1-5H3,(H,35,39)(H,36,40)/t30-,31-/m0/s1.